The number of oxime groups is 1. The number of methoxy groups -OCH3 is 1. The van der Waals surface area contributed by atoms with Crippen LogP contribution >= 0.6 is 15.9 Å². The van der Waals surface area contributed by atoms with E-state index >= 15 is 0 Å². The number of nitrogens with zero attached hydrogens (tertiary/aromatic N) is 2. The van der Waals surface area contributed by atoms with Gasteiger partial charge in [0.25, 0.3) is 5.69 Å². The molecule has 3 aromatic rings. The second kappa shape index (κ2) is 10.5. The summed E-state index contributed by atoms with van der Waals surface area (Å²) in [6, 6.07) is 15.9. The molecule has 0 heterocycles. The minimum atomic E-state index is -0.466. The van der Waals surface area contributed by atoms with Crippen molar-refractivity contribution in [2.75, 3.05) is 7.11 Å². The lowest BCUT2D eigenvalue weighted by atomic mass is 10.2. The van der Waals surface area contributed by atoms with Gasteiger partial charge < -0.3 is 14.3 Å². The monoisotopic (exact) mass is 488 g/mol. The minimum absolute atomic E-state index is 0.0106. The highest BCUT2D eigenvalue weighted by Crippen LogP contribution is 2.33. The molecule has 0 radical (unpaired) electrons. The van der Waals surface area contributed by atoms with Crippen LogP contribution in [0.5, 0.6) is 11.5 Å². The van der Waals surface area contributed by atoms with Crippen molar-refractivity contribution in [2.45, 2.75) is 13.2 Å². The Morgan fingerprint density at radius 2 is 1.90 bits per heavy atom. The van der Waals surface area contributed by atoms with Gasteiger partial charge in [-0.2, -0.15) is 0 Å². The van der Waals surface area contributed by atoms with E-state index < -0.39 is 4.92 Å². The Bertz CT molecular complexity index is 1110. The minimum Gasteiger partial charge on any atom is -0.493 e. The maximum Gasteiger partial charge on any atom is 0.269 e. The average Bonchev–Trinajstić information content (AvgIpc) is 2.77. The van der Waals surface area contributed by atoms with Gasteiger partial charge in [-0.25, -0.2) is 4.39 Å². The number of benzene rings is 3. The molecule has 3 rings (SSSR count). The molecule has 0 aliphatic rings. The molecular weight excluding hydrogens is 471 g/mol. The predicted octanol–water partition coefficient (Wildman–Crippen LogP) is 5.63. The van der Waals surface area contributed by atoms with Crippen molar-refractivity contribution in [3.05, 3.63) is 97.8 Å². The third-order valence-corrected chi connectivity index (χ3v) is 4.93. The summed E-state index contributed by atoms with van der Waals surface area (Å²) in [5.74, 6) is 0.539. The molecule has 9 heteroatoms. The Morgan fingerprint density at radius 3 is 2.65 bits per heavy atom. The molecule has 0 unspecified atom stereocenters. The number of hydrogen-bond acceptors (Lipinski definition) is 6. The van der Waals surface area contributed by atoms with Crippen LogP contribution in [0.2, 0.25) is 0 Å². The smallest absolute Gasteiger partial charge is 0.269 e. The second-order valence-electron chi connectivity index (χ2n) is 6.34. The molecular formula is C22H18BrFN2O5. The lowest BCUT2D eigenvalue weighted by Gasteiger charge is -2.13. The van der Waals surface area contributed by atoms with E-state index in [1.807, 2.05) is 0 Å². The van der Waals surface area contributed by atoms with Crippen molar-refractivity contribution in [3.8, 4) is 11.5 Å². The Kier molecular flexibility index (Phi) is 7.55. The Balaban J connectivity index is 1.66. The first-order chi connectivity index (χ1) is 15.0. The summed E-state index contributed by atoms with van der Waals surface area (Å²) in [5, 5.41) is 14.7. The third-order valence-electron chi connectivity index (χ3n) is 4.24. The molecule has 0 aliphatic heterocycles. The lowest BCUT2D eigenvalue weighted by Crippen LogP contribution is -2.01. The van der Waals surface area contributed by atoms with Crippen LogP contribution < -0.4 is 9.47 Å². The van der Waals surface area contributed by atoms with Gasteiger partial charge in [-0.3, -0.25) is 10.1 Å². The molecule has 160 valence electrons. The third kappa shape index (κ3) is 6.02. The van der Waals surface area contributed by atoms with E-state index in [-0.39, 0.29) is 24.7 Å². The predicted molar refractivity (Wildman–Crippen MR) is 117 cm³/mol. The van der Waals surface area contributed by atoms with Gasteiger partial charge in [-0.1, -0.05) is 35.5 Å². The van der Waals surface area contributed by atoms with Crippen LogP contribution in [-0.2, 0) is 18.1 Å². The number of ether oxygens (including phenoxy) is 2. The van der Waals surface area contributed by atoms with Crippen LogP contribution in [0.25, 0.3) is 0 Å². The van der Waals surface area contributed by atoms with Crippen molar-refractivity contribution in [1.29, 1.82) is 0 Å². The van der Waals surface area contributed by atoms with E-state index in [0.29, 0.717) is 32.7 Å². The zero-order valence-corrected chi connectivity index (χ0v) is 18.0. The summed E-state index contributed by atoms with van der Waals surface area (Å²) in [5.41, 5.74) is 1.71. The largest absolute Gasteiger partial charge is 0.493 e. The van der Waals surface area contributed by atoms with Gasteiger partial charge in [-0.05, 0) is 39.7 Å². The number of non-ortho nitro benzene ring substituents is 1. The van der Waals surface area contributed by atoms with Crippen LogP contribution in [0.4, 0.5) is 10.1 Å². The fourth-order valence-electron chi connectivity index (χ4n) is 2.66. The SMILES string of the molecule is COc1cc(/C=N\OCc2cccc([N+](=O)[O-])c2)c(Br)cc1OCc1ccccc1F. The molecule has 0 spiro atoms. The Labute approximate surface area is 186 Å². The van der Waals surface area contributed by atoms with Crippen LogP contribution in [0, 0.1) is 15.9 Å². The fourth-order valence-corrected chi connectivity index (χ4v) is 3.08. The Hall–Kier alpha value is -3.46. The van der Waals surface area contributed by atoms with E-state index in [2.05, 4.69) is 21.1 Å². The van der Waals surface area contributed by atoms with Crippen molar-refractivity contribution < 1.29 is 23.6 Å². The molecule has 0 saturated heterocycles. The van der Waals surface area contributed by atoms with Crippen LogP contribution in [0.3, 0.4) is 0 Å². The molecule has 7 nitrogen and oxygen atoms in total. The van der Waals surface area contributed by atoms with Crippen molar-refractivity contribution in [3.63, 3.8) is 0 Å². The molecule has 0 atom stereocenters. The second-order valence-corrected chi connectivity index (χ2v) is 7.19. The molecule has 3 aromatic carbocycles. The van der Waals surface area contributed by atoms with Crippen LogP contribution in [0.1, 0.15) is 16.7 Å². The van der Waals surface area contributed by atoms with Gasteiger partial charge in [0.15, 0.2) is 11.5 Å². The number of hydrogen-bond donors (Lipinski definition) is 0. The van der Waals surface area contributed by atoms with E-state index in [1.165, 1.54) is 31.5 Å². The van der Waals surface area contributed by atoms with Crippen LogP contribution in [0.15, 0.2) is 70.3 Å². The molecule has 31 heavy (non-hydrogen) atoms. The highest BCUT2D eigenvalue weighted by molar-refractivity contribution is 9.10. The van der Waals surface area contributed by atoms with E-state index in [4.69, 9.17) is 14.3 Å². The number of nitro benzene ring substituents is 1. The van der Waals surface area contributed by atoms with Gasteiger partial charge in [0.2, 0.25) is 0 Å². The van der Waals surface area contributed by atoms with Gasteiger partial charge >= 0.3 is 0 Å². The van der Waals surface area contributed by atoms with Crippen molar-refractivity contribution in [2.24, 2.45) is 5.16 Å². The highest BCUT2D eigenvalue weighted by atomic mass is 79.9. The number of halogens is 2. The number of nitro groups is 1. The van der Waals surface area contributed by atoms with Gasteiger partial charge in [0.1, 0.15) is 19.0 Å². The van der Waals surface area contributed by atoms with Crippen molar-refractivity contribution in [1.82, 2.24) is 0 Å². The molecule has 0 aliphatic carbocycles. The molecule has 0 amide bonds. The number of rotatable bonds is 9. The van der Waals surface area contributed by atoms with Gasteiger partial charge in [-0.15, -0.1) is 0 Å². The van der Waals surface area contributed by atoms with Crippen LogP contribution in [-0.4, -0.2) is 18.2 Å². The summed E-state index contributed by atoms with van der Waals surface area (Å²) in [6.07, 6.45) is 1.48. The Morgan fingerprint density at radius 1 is 1.10 bits per heavy atom. The van der Waals surface area contributed by atoms with Crippen molar-refractivity contribution >= 4 is 27.8 Å². The first kappa shape index (κ1) is 22.2. The first-order valence-corrected chi connectivity index (χ1v) is 9.89. The highest BCUT2D eigenvalue weighted by Gasteiger charge is 2.11. The summed E-state index contributed by atoms with van der Waals surface area (Å²) in [7, 11) is 1.50. The summed E-state index contributed by atoms with van der Waals surface area (Å²) < 4.78 is 25.5. The summed E-state index contributed by atoms with van der Waals surface area (Å²) >= 11 is 3.44. The quantitative estimate of drug-likeness (QED) is 0.221. The molecule has 0 bridgehead atoms. The molecule has 0 N–H and O–H groups in total. The lowest BCUT2D eigenvalue weighted by molar-refractivity contribution is -0.384. The fraction of sp³-hybridized carbons (Fsp3) is 0.136. The summed E-state index contributed by atoms with van der Waals surface area (Å²) in [6.45, 7) is 0.131. The molecule has 0 fully saturated rings. The first-order valence-electron chi connectivity index (χ1n) is 9.10. The standard InChI is InChI=1S/C22H18BrFN2O5/c1-29-21-10-17(12-25-31-13-15-5-4-7-18(9-15)26(27)28)19(23)11-22(21)30-14-16-6-2-3-8-20(16)24/h2-12H,13-14H2,1H3/b25-12-. The topological polar surface area (TPSA) is 83.2 Å². The average molecular weight is 489 g/mol. The summed E-state index contributed by atoms with van der Waals surface area (Å²) in [4.78, 5) is 15.6. The maximum atomic E-state index is 13.8. The maximum absolute atomic E-state index is 13.8. The van der Waals surface area contributed by atoms with E-state index in [1.54, 1.807) is 42.5 Å². The zero-order chi connectivity index (χ0) is 22.2. The normalized spacial score (nSPS) is 10.8. The molecule has 0 aromatic heterocycles. The van der Waals surface area contributed by atoms with E-state index in [0.717, 1.165) is 0 Å². The van der Waals surface area contributed by atoms with E-state index in [9.17, 15) is 14.5 Å². The molecule has 0 saturated carbocycles. The van der Waals surface area contributed by atoms with Gasteiger partial charge in [0.05, 0.1) is 18.2 Å². The zero-order valence-electron chi connectivity index (χ0n) is 16.5. The van der Waals surface area contributed by atoms with Gasteiger partial charge in [0, 0.05) is 27.7 Å².